The van der Waals surface area contributed by atoms with Gasteiger partial charge in [-0.2, -0.15) is 0 Å². The van der Waals surface area contributed by atoms with Gasteiger partial charge < -0.3 is 15.8 Å². The Morgan fingerprint density at radius 1 is 1.42 bits per heavy atom. The smallest absolute Gasteiger partial charge is 0.120 e. The molecule has 4 heteroatoms. The molecule has 1 aliphatic rings. The number of nitrogens with one attached hydrogen (secondary N) is 1. The molecule has 3 N–H and O–H groups in total. The van der Waals surface area contributed by atoms with E-state index in [2.05, 4.69) is 12.2 Å². The van der Waals surface area contributed by atoms with Gasteiger partial charge in [-0.25, -0.2) is 0 Å². The summed E-state index contributed by atoms with van der Waals surface area (Å²) in [6, 6.07) is 5.77. The van der Waals surface area contributed by atoms with E-state index in [0.29, 0.717) is 10.4 Å². The van der Waals surface area contributed by atoms with Gasteiger partial charge in [0.2, 0.25) is 0 Å². The Morgan fingerprint density at radius 2 is 2.11 bits per heavy atom. The molecular formula is C15H22N2OS. The summed E-state index contributed by atoms with van der Waals surface area (Å²) in [6.07, 6.45) is 5.23. The van der Waals surface area contributed by atoms with Crippen LogP contribution in [0.1, 0.15) is 38.2 Å². The number of anilines is 1. The Balaban J connectivity index is 2.15. The van der Waals surface area contributed by atoms with Crippen LogP contribution in [0.2, 0.25) is 0 Å². The van der Waals surface area contributed by atoms with Crippen LogP contribution in [0.5, 0.6) is 5.75 Å². The van der Waals surface area contributed by atoms with Gasteiger partial charge in [0.15, 0.2) is 0 Å². The summed E-state index contributed by atoms with van der Waals surface area (Å²) in [5.41, 5.74) is 8.02. The quantitative estimate of drug-likeness (QED) is 0.811. The first kappa shape index (κ1) is 14.1. The SMILES string of the molecule is COc1ccc(C(N)=S)c(NCC2(C)CCCC2)c1. The molecule has 0 atom stereocenters. The minimum atomic E-state index is 0.385. The Morgan fingerprint density at radius 3 is 2.68 bits per heavy atom. The average Bonchev–Trinajstić information content (AvgIpc) is 2.83. The summed E-state index contributed by atoms with van der Waals surface area (Å²) in [4.78, 5) is 0.418. The predicted octanol–water partition coefficient (Wildman–Crippen LogP) is 3.32. The average molecular weight is 278 g/mol. The molecule has 104 valence electrons. The molecule has 0 unspecified atom stereocenters. The second kappa shape index (κ2) is 5.78. The summed E-state index contributed by atoms with van der Waals surface area (Å²) in [6.45, 7) is 3.30. The van der Waals surface area contributed by atoms with E-state index in [1.165, 1.54) is 25.7 Å². The minimum Gasteiger partial charge on any atom is -0.497 e. The summed E-state index contributed by atoms with van der Waals surface area (Å²) in [7, 11) is 1.66. The molecule has 1 aliphatic carbocycles. The van der Waals surface area contributed by atoms with Crippen molar-refractivity contribution in [3.63, 3.8) is 0 Å². The highest BCUT2D eigenvalue weighted by molar-refractivity contribution is 7.80. The van der Waals surface area contributed by atoms with E-state index in [1.54, 1.807) is 7.11 Å². The maximum Gasteiger partial charge on any atom is 0.120 e. The number of nitrogens with two attached hydrogens (primary N) is 1. The van der Waals surface area contributed by atoms with Crippen LogP contribution < -0.4 is 15.8 Å². The van der Waals surface area contributed by atoms with Crippen LogP contribution in [-0.2, 0) is 0 Å². The molecule has 1 fully saturated rings. The summed E-state index contributed by atoms with van der Waals surface area (Å²) in [5, 5.41) is 3.50. The largest absolute Gasteiger partial charge is 0.497 e. The molecule has 0 saturated heterocycles. The second-order valence-corrected chi connectivity index (χ2v) is 6.09. The van der Waals surface area contributed by atoms with E-state index in [-0.39, 0.29) is 0 Å². The molecule has 2 rings (SSSR count). The first-order valence-electron chi connectivity index (χ1n) is 6.76. The highest BCUT2D eigenvalue weighted by Crippen LogP contribution is 2.38. The Labute approximate surface area is 120 Å². The number of ether oxygens (including phenoxy) is 1. The first-order chi connectivity index (χ1) is 9.04. The zero-order valence-corrected chi connectivity index (χ0v) is 12.5. The highest BCUT2D eigenvalue weighted by atomic mass is 32.1. The third-order valence-electron chi connectivity index (χ3n) is 4.01. The zero-order chi connectivity index (χ0) is 13.9. The van der Waals surface area contributed by atoms with Gasteiger partial charge in [-0.15, -0.1) is 0 Å². The van der Waals surface area contributed by atoms with E-state index >= 15 is 0 Å². The molecule has 0 amide bonds. The van der Waals surface area contributed by atoms with Gasteiger partial charge in [0, 0.05) is 23.9 Å². The summed E-state index contributed by atoms with van der Waals surface area (Å²) >= 11 is 5.10. The van der Waals surface area contributed by atoms with E-state index in [0.717, 1.165) is 23.5 Å². The van der Waals surface area contributed by atoms with Crippen molar-refractivity contribution in [2.75, 3.05) is 19.0 Å². The summed E-state index contributed by atoms with van der Waals surface area (Å²) in [5.74, 6) is 0.819. The van der Waals surface area contributed by atoms with E-state index < -0.39 is 0 Å². The lowest BCUT2D eigenvalue weighted by Crippen LogP contribution is -2.24. The van der Waals surface area contributed by atoms with Crippen molar-refractivity contribution in [1.82, 2.24) is 0 Å². The van der Waals surface area contributed by atoms with E-state index in [1.807, 2.05) is 18.2 Å². The van der Waals surface area contributed by atoms with E-state index in [9.17, 15) is 0 Å². The fourth-order valence-corrected chi connectivity index (χ4v) is 2.90. The Bertz CT molecular complexity index is 467. The van der Waals surface area contributed by atoms with Crippen LogP contribution >= 0.6 is 12.2 Å². The Kier molecular flexibility index (Phi) is 4.30. The normalized spacial score (nSPS) is 17.2. The van der Waals surface area contributed by atoms with Gasteiger partial charge in [0.25, 0.3) is 0 Å². The third-order valence-corrected chi connectivity index (χ3v) is 4.23. The molecule has 1 aromatic carbocycles. The molecule has 0 aromatic heterocycles. The topological polar surface area (TPSA) is 47.3 Å². The van der Waals surface area contributed by atoms with Gasteiger partial charge >= 0.3 is 0 Å². The van der Waals surface area contributed by atoms with Crippen molar-refractivity contribution in [2.24, 2.45) is 11.1 Å². The number of hydrogen-bond donors (Lipinski definition) is 2. The molecule has 0 heterocycles. The number of rotatable bonds is 5. The fraction of sp³-hybridized carbons (Fsp3) is 0.533. The Hall–Kier alpha value is -1.29. The molecule has 1 saturated carbocycles. The number of benzene rings is 1. The van der Waals surface area contributed by atoms with Crippen LogP contribution in [0, 0.1) is 5.41 Å². The molecule has 1 aromatic rings. The lowest BCUT2D eigenvalue weighted by molar-refractivity contribution is 0.362. The highest BCUT2D eigenvalue weighted by Gasteiger charge is 2.28. The van der Waals surface area contributed by atoms with Crippen molar-refractivity contribution >= 4 is 22.9 Å². The lowest BCUT2D eigenvalue weighted by Gasteiger charge is -2.25. The van der Waals surface area contributed by atoms with Crippen molar-refractivity contribution in [3.05, 3.63) is 23.8 Å². The van der Waals surface area contributed by atoms with Gasteiger partial charge in [-0.05, 0) is 30.4 Å². The number of thiocarbonyl (C=S) groups is 1. The maximum atomic E-state index is 5.77. The van der Waals surface area contributed by atoms with Gasteiger partial charge in [0.05, 0.1) is 7.11 Å². The van der Waals surface area contributed by atoms with Gasteiger partial charge in [-0.1, -0.05) is 32.0 Å². The molecule has 0 radical (unpaired) electrons. The van der Waals surface area contributed by atoms with Crippen molar-refractivity contribution < 1.29 is 4.74 Å². The van der Waals surface area contributed by atoms with E-state index in [4.69, 9.17) is 22.7 Å². The fourth-order valence-electron chi connectivity index (χ4n) is 2.73. The van der Waals surface area contributed by atoms with Crippen molar-refractivity contribution in [1.29, 1.82) is 0 Å². The molecular weight excluding hydrogens is 256 g/mol. The number of hydrogen-bond acceptors (Lipinski definition) is 3. The second-order valence-electron chi connectivity index (χ2n) is 5.65. The third kappa shape index (κ3) is 3.38. The van der Waals surface area contributed by atoms with Crippen LogP contribution in [0.15, 0.2) is 18.2 Å². The van der Waals surface area contributed by atoms with Crippen LogP contribution in [0.4, 0.5) is 5.69 Å². The summed E-state index contributed by atoms with van der Waals surface area (Å²) < 4.78 is 5.26. The first-order valence-corrected chi connectivity index (χ1v) is 7.17. The minimum absolute atomic E-state index is 0.385. The van der Waals surface area contributed by atoms with Gasteiger partial charge in [-0.3, -0.25) is 0 Å². The predicted molar refractivity (Wildman–Crippen MR) is 83.9 cm³/mol. The van der Waals surface area contributed by atoms with Crippen LogP contribution in [0.25, 0.3) is 0 Å². The molecule has 0 bridgehead atoms. The zero-order valence-electron chi connectivity index (χ0n) is 11.7. The van der Waals surface area contributed by atoms with Crippen molar-refractivity contribution in [3.8, 4) is 5.75 Å². The van der Waals surface area contributed by atoms with Crippen LogP contribution in [-0.4, -0.2) is 18.6 Å². The monoisotopic (exact) mass is 278 g/mol. The van der Waals surface area contributed by atoms with Gasteiger partial charge in [0.1, 0.15) is 10.7 Å². The standard InChI is InChI=1S/C15H22N2OS/c1-15(7-3-4-8-15)10-17-13-9-11(18-2)5-6-12(13)14(16)19/h5-6,9,17H,3-4,7-8,10H2,1-2H3,(H2,16,19). The molecule has 0 aliphatic heterocycles. The molecule has 19 heavy (non-hydrogen) atoms. The maximum absolute atomic E-state index is 5.77. The molecule has 0 spiro atoms. The lowest BCUT2D eigenvalue weighted by atomic mass is 9.89. The molecule has 3 nitrogen and oxygen atoms in total. The van der Waals surface area contributed by atoms with Crippen LogP contribution in [0.3, 0.4) is 0 Å². The number of methoxy groups -OCH3 is 1. The van der Waals surface area contributed by atoms with Crippen molar-refractivity contribution in [2.45, 2.75) is 32.6 Å².